The van der Waals surface area contributed by atoms with E-state index in [0.29, 0.717) is 11.8 Å². The van der Waals surface area contributed by atoms with Gasteiger partial charge in [-0.3, -0.25) is 0 Å². The van der Waals surface area contributed by atoms with E-state index < -0.39 is 0 Å². The highest BCUT2D eigenvalue weighted by Crippen LogP contribution is 2.29. The van der Waals surface area contributed by atoms with Crippen LogP contribution in [0.15, 0.2) is 58.3 Å². The molecule has 0 atom stereocenters. The Kier molecular flexibility index (Phi) is 6.25. The highest BCUT2D eigenvalue weighted by atomic mass is 32.2. The second kappa shape index (κ2) is 7.95. The zero-order chi connectivity index (χ0) is 15.2. The van der Waals surface area contributed by atoms with Gasteiger partial charge in [-0.25, -0.2) is 0 Å². The summed E-state index contributed by atoms with van der Waals surface area (Å²) in [5.74, 6) is 1.22. The average molecular weight is 317 g/mol. The van der Waals surface area contributed by atoms with Crippen LogP contribution in [0, 0.1) is 0 Å². The Hall–Kier alpha value is -0.860. The third kappa shape index (κ3) is 5.12. The summed E-state index contributed by atoms with van der Waals surface area (Å²) >= 11 is 3.82. The Morgan fingerprint density at radius 2 is 0.952 bits per heavy atom. The number of hydrogen-bond donors (Lipinski definition) is 0. The van der Waals surface area contributed by atoms with Crippen LogP contribution in [0.25, 0.3) is 0 Å². The van der Waals surface area contributed by atoms with Gasteiger partial charge in [-0.1, -0.05) is 52.0 Å². The maximum atomic E-state index is 2.25. The fraction of sp³-hybridized carbons (Fsp3) is 0.368. The van der Waals surface area contributed by atoms with Crippen LogP contribution in [0.2, 0.25) is 0 Å². The standard InChI is InChI=1S/C19H24S2/c1-14(2)16-5-9-18(10-6-16)20-13-21-19-11-7-17(8-12-19)15(3)4/h5-12,14-15H,13H2,1-4H3. The molecule has 2 rings (SSSR count). The highest BCUT2D eigenvalue weighted by Gasteiger charge is 2.01. The molecule has 0 aliphatic carbocycles. The first kappa shape index (κ1) is 16.5. The molecule has 0 aliphatic rings. The molecule has 2 aromatic rings. The summed E-state index contributed by atoms with van der Waals surface area (Å²) in [6, 6.07) is 17.9. The van der Waals surface area contributed by atoms with Gasteiger partial charge in [-0.2, -0.15) is 0 Å². The van der Waals surface area contributed by atoms with Crippen LogP contribution in [0.4, 0.5) is 0 Å². The van der Waals surface area contributed by atoms with Gasteiger partial charge >= 0.3 is 0 Å². The molecule has 0 spiro atoms. The topological polar surface area (TPSA) is 0 Å². The molecule has 0 bridgehead atoms. The number of hydrogen-bond acceptors (Lipinski definition) is 2. The maximum absolute atomic E-state index is 2.25. The van der Waals surface area contributed by atoms with Crippen LogP contribution < -0.4 is 0 Å². The van der Waals surface area contributed by atoms with Crippen molar-refractivity contribution >= 4 is 23.5 Å². The Balaban J connectivity index is 1.83. The summed E-state index contributed by atoms with van der Waals surface area (Å²) < 4.78 is 0. The summed E-state index contributed by atoms with van der Waals surface area (Å²) in [6.45, 7) is 8.94. The van der Waals surface area contributed by atoms with Crippen molar-refractivity contribution in [1.29, 1.82) is 0 Å². The summed E-state index contributed by atoms with van der Waals surface area (Å²) in [5.41, 5.74) is 2.83. The SMILES string of the molecule is CC(C)c1ccc(SCSc2ccc(C(C)C)cc2)cc1. The highest BCUT2D eigenvalue weighted by molar-refractivity contribution is 8.16. The summed E-state index contributed by atoms with van der Waals surface area (Å²) in [4.78, 5) is 2.71. The van der Waals surface area contributed by atoms with Crippen LogP contribution in [-0.4, -0.2) is 5.08 Å². The molecule has 0 heterocycles. The molecule has 0 nitrogen and oxygen atoms in total. The van der Waals surface area contributed by atoms with E-state index in [9.17, 15) is 0 Å². The fourth-order valence-corrected chi connectivity index (χ4v) is 4.04. The summed E-state index contributed by atoms with van der Waals surface area (Å²) in [5, 5.41) is 1.06. The van der Waals surface area contributed by atoms with Crippen molar-refractivity contribution < 1.29 is 0 Å². The normalized spacial score (nSPS) is 11.3. The molecule has 0 saturated heterocycles. The molecule has 0 fully saturated rings. The molecule has 0 radical (unpaired) electrons. The lowest BCUT2D eigenvalue weighted by Gasteiger charge is -2.08. The lowest BCUT2D eigenvalue weighted by molar-refractivity contribution is 0.865. The average Bonchev–Trinajstić information content (AvgIpc) is 2.48. The van der Waals surface area contributed by atoms with Crippen molar-refractivity contribution in [2.75, 3.05) is 5.08 Å². The second-order valence-corrected chi connectivity index (χ2v) is 8.32. The van der Waals surface area contributed by atoms with E-state index in [0.717, 1.165) is 5.08 Å². The molecule has 2 aromatic carbocycles. The monoisotopic (exact) mass is 316 g/mol. The lowest BCUT2D eigenvalue weighted by Crippen LogP contribution is -1.86. The Morgan fingerprint density at radius 3 is 1.24 bits per heavy atom. The van der Waals surface area contributed by atoms with Crippen molar-refractivity contribution in [3.05, 3.63) is 59.7 Å². The number of benzene rings is 2. The number of rotatable bonds is 6. The van der Waals surface area contributed by atoms with E-state index in [4.69, 9.17) is 0 Å². The summed E-state index contributed by atoms with van der Waals surface area (Å²) in [6.07, 6.45) is 0. The van der Waals surface area contributed by atoms with Crippen LogP contribution in [0.5, 0.6) is 0 Å². The third-order valence-electron chi connectivity index (χ3n) is 3.54. The van der Waals surface area contributed by atoms with Gasteiger partial charge in [0.15, 0.2) is 0 Å². The van der Waals surface area contributed by atoms with Gasteiger partial charge in [0.25, 0.3) is 0 Å². The van der Waals surface area contributed by atoms with E-state index in [1.807, 2.05) is 23.5 Å². The maximum Gasteiger partial charge on any atom is 0.0486 e. The van der Waals surface area contributed by atoms with E-state index in [-0.39, 0.29) is 0 Å². The first-order chi connectivity index (χ1) is 10.1. The molecular formula is C19H24S2. The zero-order valence-corrected chi connectivity index (χ0v) is 14.9. The van der Waals surface area contributed by atoms with Gasteiger partial charge < -0.3 is 0 Å². The van der Waals surface area contributed by atoms with Crippen LogP contribution in [0.3, 0.4) is 0 Å². The van der Waals surface area contributed by atoms with E-state index in [1.165, 1.54) is 20.9 Å². The minimum Gasteiger partial charge on any atom is -0.115 e. The van der Waals surface area contributed by atoms with E-state index in [1.54, 1.807) is 0 Å². The van der Waals surface area contributed by atoms with Crippen molar-refractivity contribution in [1.82, 2.24) is 0 Å². The third-order valence-corrected chi connectivity index (χ3v) is 5.70. The zero-order valence-electron chi connectivity index (χ0n) is 13.3. The lowest BCUT2D eigenvalue weighted by atomic mass is 10.0. The van der Waals surface area contributed by atoms with Gasteiger partial charge in [-0.05, 0) is 47.2 Å². The van der Waals surface area contributed by atoms with Gasteiger partial charge in [-0.15, -0.1) is 23.5 Å². The minimum atomic E-state index is 0.609. The van der Waals surface area contributed by atoms with Gasteiger partial charge in [0.2, 0.25) is 0 Å². The summed E-state index contributed by atoms with van der Waals surface area (Å²) in [7, 11) is 0. The second-order valence-electron chi connectivity index (χ2n) is 5.85. The molecule has 112 valence electrons. The molecule has 0 amide bonds. The van der Waals surface area contributed by atoms with Crippen LogP contribution >= 0.6 is 23.5 Å². The van der Waals surface area contributed by atoms with Gasteiger partial charge in [0.1, 0.15) is 0 Å². The van der Waals surface area contributed by atoms with Gasteiger partial charge in [0.05, 0.1) is 0 Å². The first-order valence-electron chi connectivity index (χ1n) is 7.52. The van der Waals surface area contributed by atoms with Crippen molar-refractivity contribution in [3.8, 4) is 0 Å². The predicted octanol–water partition coefficient (Wildman–Crippen LogP) is 6.78. The molecule has 0 N–H and O–H groups in total. The largest absolute Gasteiger partial charge is 0.115 e. The quantitative estimate of drug-likeness (QED) is 0.426. The molecule has 0 aromatic heterocycles. The molecule has 0 saturated carbocycles. The fourth-order valence-electron chi connectivity index (χ4n) is 2.06. The Morgan fingerprint density at radius 1 is 0.619 bits per heavy atom. The minimum absolute atomic E-state index is 0.609. The molecular weight excluding hydrogens is 292 g/mol. The Labute approximate surface area is 137 Å². The molecule has 0 unspecified atom stereocenters. The van der Waals surface area contributed by atoms with Crippen molar-refractivity contribution in [2.45, 2.75) is 49.3 Å². The van der Waals surface area contributed by atoms with Crippen LogP contribution in [-0.2, 0) is 0 Å². The first-order valence-corrected chi connectivity index (χ1v) is 9.49. The van der Waals surface area contributed by atoms with Crippen molar-refractivity contribution in [3.63, 3.8) is 0 Å². The molecule has 0 aliphatic heterocycles. The van der Waals surface area contributed by atoms with Crippen molar-refractivity contribution in [2.24, 2.45) is 0 Å². The smallest absolute Gasteiger partial charge is 0.0486 e. The Bertz CT molecular complexity index is 487. The van der Waals surface area contributed by atoms with Crippen LogP contribution in [0.1, 0.15) is 50.7 Å². The predicted molar refractivity (Wildman–Crippen MR) is 97.6 cm³/mol. The van der Waals surface area contributed by atoms with E-state index in [2.05, 4.69) is 76.2 Å². The van der Waals surface area contributed by atoms with E-state index >= 15 is 0 Å². The molecule has 2 heteroatoms. The van der Waals surface area contributed by atoms with Gasteiger partial charge in [0, 0.05) is 14.9 Å². The molecule has 21 heavy (non-hydrogen) atoms. The number of thioether (sulfide) groups is 2.